The number of carbonyl (C=O) groups excluding carboxylic acids is 2. The third-order valence-electron chi connectivity index (χ3n) is 9.30. The van der Waals surface area contributed by atoms with Gasteiger partial charge in [-0.15, -0.1) is 0 Å². The lowest BCUT2D eigenvalue weighted by molar-refractivity contribution is -0.225. The molecule has 0 aromatic heterocycles. The average Bonchev–Trinajstić information content (AvgIpc) is 3.41. The topological polar surface area (TPSA) is 148 Å². The van der Waals surface area contributed by atoms with Crippen molar-refractivity contribution < 1.29 is 38.9 Å². The highest BCUT2D eigenvalue weighted by molar-refractivity contribution is 9.12. The fourth-order valence-corrected chi connectivity index (χ4v) is 9.07. The third-order valence-corrected chi connectivity index (χ3v) is 11.7. The van der Waals surface area contributed by atoms with Gasteiger partial charge in [0.05, 0.1) is 39.7 Å². The lowest BCUT2D eigenvalue weighted by Gasteiger charge is -2.27. The summed E-state index contributed by atoms with van der Waals surface area (Å²) >= 11 is 13.8. The van der Waals surface area contributed by atoms with Gasteiger partial charge in [-0.25, -0.2) is 0 Å². The van der Waals surface area contributed by atoms with Crippen LogP contribution in [0.1, 0.15) is 128 Å². The molecular formula is C40H57Br4N3O8. The molecule has 308 valence electrons. The molecule has 2 heterocycles. The molecule has 0 saturated carbocycles. The lowest BCUT2D eigenvalue weighted by atomic mass is 10.0. The van der Waals surface area contributed by atoms with Gasteiger partial charge in [0.25, 0.3) is 5.91 Å². The number of aliphatic hydroxyl groups excluding tert-OH is 2. The Hall–Kier alpha value is -1.91. The lowest BCUT2D eigenvalue weighted by Crippen LogP contribution is -2.49. The van der Waals surface area contributed by atoms with Gasteiger partial charge >= 0.3 is 5.79 Å². The average molecular weight is 1030 g/mol. The van der Waals surface area contributed by atoms with Gasteiger partial charge in [-0.05, 0) is 104 Å². The van der Waals surface area contributed by atoms with Crippen LogP contribution in [0.5, 0.6) is 5.75 Å². The van der Waals surface area contributed by atoms with Gasteiger partial charge in [0.2, 0.25) is 5.91 Å². The molecule has 2 amide bonds. The molecule has 2 aliphatic rings. The Morgan fingerprint density at radius 3 is 2.20 bits per heavy atom. The van der Waals surface area contributed by atoms with E-state index in [4.69, 9.17) is 19.0 Å². The summed E-state index contributed by atoms with van der Waals surface area (Å²) in [5.41, 5.74) is 0.413. The molecule has 0 aliphatic carbocycles. The molecule has 0 saturated heterocycles. The van der Waals surface area contributed by atoms with Gasteiger partial charge in [-0.3, -0.25) is 9.59 Å². The minimum Gasteiger partial charge on any atom is -0.495 e. The van der Waals surface area contributed by atoms with Crippen molar-refractivity contribution in [2.24, 2.45) is 5.16 Å². The van der Waals surface area contributed by atoms with Crippen molar-refractivity contribution in [3.05, 3.63) is 59.8 Å². The van der Waals surface area contributed by atoms with E-state index in [-0.39, 0.29) is 37.7 Å². The van der Waals surface area contributed by atoms with Crippen LogP contribution in [0.15, 0.2) is 59.4 Å². The molecule has 0 unspecified atom stereocenters. The number of oxime groups is 1. The number of allylic oxidation sites excluding steroid dienone is 3. The molecule has 0 fully saturated rings. The molecule has 2 aliphatic heterocycles. The maximum Gasteiger partial charge on any atom is 0.311 e. The quantitative estimate of drug-likeness (QED) is 0.0530. The summed E-state index contributed by atoms with van der Waals surface area (Å²) in [6, 6.07) is 3.51. The first-order chi connectivity index (χ1) is 26.5. The van der Waals surface area contributed by atoms with Crippen molar-refractivity contribution >= 4 is 81.2 Å². The Labute approximate surface area is 360 Å². The molecular weight excluding hydrogens is 970 g/mol. The highest BCUT2D eigenvalue weighted by Gasteiger charge is 2.54. The van der Waals surface area contributed by atoms with E-state index in [2.05, 4.69) is 98.6 Å². The molecule has 3 atom stereocenters. The van der Waals surface area contributed by atoms with E-state index in [0.29, 0.717) is 47.8 Å². The molecule has 3 rings (SSSR count). The zero-order valence-electron chi connectivity index (χ0n) is 32.0. The maximum absolute atomic E-state index is 12.8. The van der Waals surface area contributed by atoms with Crippen LogP contribution < -0.4 is 15.4 Å². The number of nitrogens with zero attached hydrogens (tertiary/aromatic N) is 1. The SMILES string of the molecule is CCCCCC=CCCCCCCCCCCCC(=O)NC[C@H](O)c1cc(Br)c(OCCCNC(=O)C2=NO[C@@]3(CC(Br)=C(OC)C(Br)=CO3)[C@H]2O)c(Br)c1. The summed E-state index contributed by atoms with van der Waals surface area (Å²) in [5.74, 6) is -1.27. The predicted molar refractivity (Wildman–Crippen MR) is 230 cm³/mol. The van der Waals surface area contributed by atoms with Gasteiger partial charge in [-0.1, -0.05) is 97.9 Å². The normalized spacial score (nSPS) is 18.7. The van der Waals surface area contributed by atoms with Crippen LogP contribution in [-0.4, -0.2) is 66.4 Å². The second kappa shape index (κ2) is 26.2. The summed E-state index contributed by atoms with van der Waals surface area (Å²) < 4.78 is 19.3. The number of hydrogen-bond donors (Lipinski definition) is 4. The van der Waals surface area contributed by atoms with E-state index in [1.165, 1.54) is 84.0 Å². The van der Waals surface area contributed by atoms with Crippen LogP contribution in [0.25, 0.3) is 0 Å². The highest BCUT2D eigenvalue weighted by Crippen LogP contribution is 2.41. The molecule has 1 aromatic rings. The molecule has 0 radical (unpaired) electrons. The predicted octanol–water partition coefficient (Wildman–Crippen LogP) is 10.0. The first kappa shape index (κ1) is 47.5. The maximum atomic E-state index is 12.8. The number of ether oxygens (including phenoxy) is 3. The fourth-order valence-electron chi connectivity index (χ4n) is 6.09. The van der Waals surface area contributed by atoms with Crippen LogP contribution in [0.3, 0.4) is 0 Å². The number of nitrogens with one attached hydrogen (secondary N) is 2. The van der Waals surface area contributed by atoms with E-state index in [9.17, 15) is 19.8 Å². The largest absolute Gasteiger partial charge is 0.495 e. The first-order valence-corrected chi connectivity index (χ1v) is 22.6. The number of carbonyl (C=O) groups is 2. The van der Waals surface area contributed by atoms with Crippen molar-refractivity contribution in [2.75, 3.05) is 26.8 Å². The molecule has 11 nitrogen and oxygen atoms in total. The van der Waals surface area contributed by atoms with Gasteiger partial charge in [0.1, 0.15) is 17.8 Å². The zero-order valence-corrected chi connectivity index (χ0v) is 38.3. The van der Waals surface area contributed by atoms with Gasteiger partial charge in [0, 0.05) is 24.0 Å². The smallest absolute Gasteiger partial charge is 0.311 e. The van der Waals surface area contributed by atoms with Crippen LogP contribution in [-0.2, 0) is 23.9 Å². The van der Waals surface area contributed by atoms with Crippen LogP contribution >= 0.6 is 63.7 Å². The number of rotatable bonds is 26. The molecule has 15 heteroatoms. The van der Waals surface area contributed by atoms with Crippen LogP contribution in [0.4, 0.5) is 0 Å². The third kappa shape index (κ3) is 16.1. The second-order valence-electron chi connectivity index (χ2n) is 13.8. The van der Waals surface area contributed by atoms with Gasteiger partial charge in [-0.2, -0.15) is 0 Å². The molecule has 4 N–H and O–H groups in total. The van der Waals surface area contributed by atoms with Gasteiger partial charge in [0.15, 0.2) is 11.8 Å². The summed E-state index contributed by atoms with van der Waals surface area (Å²) in [6.45, 7) is 2.86. The minimum atomic E-state index is -1.62. The van der Waals surface area contributed by atoms with Crippen LogP contribution in [0.2, 0.25) is 0 Å². The van der Waals surface area contributed by atoms with E-state index in [1.54, 1.807) is 12.1 Å². The van der Waals surface area contributed by atoms with E-state index >= 15 is 0 Å². The Bertz CT molecular complexity index is 1480. The minimum absolute atomic E-state index is 0.0454. The van der Waals surface area contributed by atoms with E-state index in [0.717, 1.165) is 19.3 Å². The number of amides is 2. The molecule has 55 heavy (non-hydrogen) atoms. The summed E-state index contributed by atoms with van der Waals surface area (Å²) in [5, 5.41) is 31.1. The Morgan fingerprint density at radius 1 is 0.945 bits per heavy atom. The highest BCUT2D eigenvalue weighted by atomic mass is 79.9. The van der Waals surface area contributed by atoms with E-state index < -0.39 is 23.9 Å². The number of halogens is 4. The molecule has 1 aromatic carbocycles. The number of unbranched alkanes of at least 4 members (excludes halogenated alkanes) is 12. The van der Waals surface area contributed by atoms with Crippen LogP contribution in [0, 0.1) is 0 Å². The Morgan fingerprint density at radius 2 is 1.56 bits per heavy atom. The monoisotopic (exact) mass is 1020 g/mol. The molecule has 1 spiro atoms. The number of aliphatic hydroxyl groups is 2. The zero-order chi connectivity index (χ0) is 40.1. The number of benzene rings is 1. The number of hydrogen-bond acceptors (Lipinski definition) is 9. The Kier molecular flexibility index (Phi) is 22.6. The van der Waals surface area contributed by atoms with Crippen molar-refractivity contribution in [1.82, 2.24) is 10.6 Å². The molecule has 0 bridgehead atoms. The second-order valence-corrected chi connectivity index (χ2v) is 17.3. The van der Waals surface area contributed by atoms with Crippen molar-refractivity contribution in [1.29, 1.82) is 0 Å². The Balaban J connectivity index is 1.26. The van der Waals surface area contributed by atoms with E-state index in [1.807, 2.05) is 0 Å². The first-order valence-electron chi connectivity index (χ1n) is 19.4. The van der Waals surface area contributed by atoms with Crippen molar-refractivity contribution in [3.63, 3.8) is 0 Å². The fraction of sp³-hybridized carbons (Fsp3) is 0.625. The van der Waals surface area contributed by atoms with Crippen molar-refractivity contribution in [2.45, 2.75) is 134 Å². The number of methoxy groups -OCH3 is 1. The van der Waals surface area contributed by atoms with Crippen molar-refractivity contribution in [3.8, 4) is 5.75 Å². The standard InChI is InChI=1S/C40H57Br4N3O8/c1-3-4-5-6-7-8-9-10-11-12-13-14-15-16-17-18-20-34(49)46-26-33(48)28-23-29(41)37(30(42)24-28)53-22-19-21-45-39(51)35-38(50)40(55-47-35)25-31(43)36(52-2)32(44)27-54-40/h7-8,23-24,27,33,38,48,50H,3-6,9-22,25-26H2,1-2H3,(H,45,51)(H,46,49)/t33-,38-,40-/m0/s1. The summed E-state index contributed by atoms with van der Waals surface area (Å²) in [4.78, 5) is 30.7. The summed E-state index contributed by atoms with van der Waals surface area (Å²) in [7, 11) is 1.50. The summed E-state index contributed by atoms with van der Waals surface area (Å²) in [6.07, 6.45) is 21.7. The van der Waals surface area contributed by atoms with Gasteiger partial charge < -0.3 is 39.9 Å².